The quantitative estimate of drug-likeness (QED) is 0.552. The van der Waals surface area contributed by atoms with Crippen LogP contribution in [0.3, 0.4) is 0 Å². The second kappa shape index (κ2) is 8.34. The maximum Gasteiger partial charge on any atom is 0.264 e. The minimum Gasteiger partial charge on any atom is -0.484 e. The highest BCUT2D eigenvalue weighted by Crippen LogP contribution is 2.20. The zero-order chi connectivity index (χ0) is 20.1. The van der Waals surface area contributed by atoms with Gasteiger partial charge in [-0.3, -0.25) is 10.1 Å². The van der Waals surface area contributed by atoms with E-state index in [4.69, 9.17) is 22.1 Å². The van der Waals surface area contributed by atoms with E-state index >= 15 is 0 Å². The third kappa shape index (κ3) is 5.26. The van der Waals surface area contributed by atoms with Gasteiger partial charge in [-0.15, -0.1) is 0 Å². The van der Waals surface area contributed by atoms with Crippen molar-refractivity contribution in [3.05, 3.63) is 66.7 Å². The molecule has 0 bridgehead atoms. The molecule has 0 saturated heterocycles. The van der Waals surface area contributed by atoms with E-state index in [9.17, 15) is 13.2 Å². The Bertz CT molecular complexity index is 1130. The fourth-order valence-electron chi connectivity index (χ4n) is 2.46. The van der Waals surface area contributed by atoms with Gasteiger partial charge in [0.1, 0.15) is 5.75 Å². The average Bonchev–Trinajstić information content (AvgIpc) is 2.66. The third-order valence-electron chi connectivity index (χ3n) is 3.78. The summed E-state index contributed by atoms with van der Waals surface area (Å²) >= 11 is 5.07. The molecule has 4 N–H and O–H groups in total. The lowest BCUT2D eigenvalue weighted by atomic mass is 10.1. The van der Waals surface area contributed by atoms with Gasteiger partial charge in [0.05, 0.1) is 4.90 Å². The molecule has 7 nitrogen and oxygen atoms in total. The molecule has 0 unspecified atom stereocenters. The van der Waals surface area contributed by atoms with Gasteiger partial charge in [0.15, 0.2) is 11.7 Å². The Balaban J connectivity index is 1.51. The summed E-state index contributed by atoms with van der Waals surface area (Å²) in [6.07, 6.45) is 0. The number of benzene rings is 3. The van der Waals surface area contributed by atoms with Gasteiger partial charge in [-0.2, -0.15) is 0 Å². The summed E-state index contributed by atoms with van der Waals surface area (Å²) in [5.41, 5.74) is 0.508. The molecule has 0 atom stereocenters. The maximum atomic E-state index is 12.0. The van der Waals surface area contributed by atoms with E-state index in [0.717, 1.165) is 10.8 Å². The monoisotopic (exact) mass is 415 g/mol. The lowest BCUT2D eigenvalue weighted by Crippen LogP contribution is -2.37. The molecule has 28 heavy (non-hydrogen) atoms. The van der Waals surface area contributed by atoms with Gasteiger partial charge in [0.2, 0.25) is 10.0 Å². The van der Waals surface area contributed by atoms with E-state index in [-0.39, 0.29) is 16.6 Å². The summed E-state index contributed by atoms with van der Waals surface area (Å²) in [6, 6.07) is 19.0. The number of nitrogens with two attached hydrogens (primary N) is 1. The normalized spacial score (nSPS) is 11.0. The first-order chi connectivity index (χ1) is 13.3. The van der Waals surface area contributed by atoms with Crippen LogP contribution in [0.25, 0.3) is 10.8 Å². The molecule has 0 spiro atoms. The fraction of sp³-hybridized carbons (Fsp3) is 0.0526. The molecule has 3 aromatic rings. The summed E-state index contributed by atoms with van der Waals surface area (Å²) < 4.78 is 28.0. The van der Waals surface area contributed by atoms with E-state index < -0.39 is 15.9 Å². The molecule has 0 aliphatic heterocycles. The SMILES string of the molecule is NS(=O)(=O)c1ccc(NC(=S)NC(=O)COc2ccc3ccccc3c2)cc1. The van der Waals surface area contributed by atoms with E-state index in [2.05, 4.69) is 10.6 Å². The van der Waals surface area contributed by atoms with Gasteiger partial charge in [0.25, 0.3) is 5.91 Å². The number of anilines is 1. The second-order valence-corrected chi connectivity index (χ2v) is 7.84. The Hall–Kier alpha value is -3.01. The third-order valence-corrected chi connectivity index (χ3v) is 4.92. The van der Waals surface area contributed by atoms with E-state index in [0.29, 0.717) is 11.4 Å². The van der Waals surface area contributed by atoms with Gasteiger partial charge < -0.3 is 10.1 Å². The van der Waals surface area contributed by atoms with Crippen molar-refractivity contribution < 1.29 is 17.9 Å². The van der Waals surface area contributed by atoms with Gasteiger partial charge >= 0.3 is 0 Å². The van der Waals surface area contributed by atoms with Gasteiger partial charge in [-0.1, -0.05) is 30.3 Å². The zero-order valence-electron chi connectivity index (χ0n) is 14.6. The topological polar surface area (TPSA) is 111 Å². The average molecular weight is 415 g/mol. The molecule has 144 valence electrons. The summed E-state index contributed by atoms with van der Waals surface area (Å²) in [7, 11) is -3.76. The number of sulfonamides is 1. The Morgan fingerprint density at radius 2 is 1.68 bits per heavy atom. The number of thiocarbonyl (C=S) groups is 1. The largest absolute Gasteiger partial charge is 0.484 e. The van der Waals surface area contributed by atoms with Crippen molar-refractivity contribution in [2.24, 2.45) is 5.14 Å². The van der Waals surface area contributed by atoms with Crippen LogP contribution in [0.5, 0.6) is 5.75 Å². The molecule has 9 heteroatoms. The highest BCUT2D eigenvalue weighted by molar-refractivity contribution is 7.89. The number of ether oxygens (including phenoxy) is 1. The molecule has 3 rings (SSSR count). The molecular weight excluding hydrogens is 398 g/mol. The van der Waals surface area contributed by atoms with Crippen LogP contribution in [-0.4, -0.2) is 26.0 Å². The minimum atomic E-state index is -3.76. The Kier molecular flexibility index (Phi) is 5.88. The zero-order valence-corrected chi connectivity index (χ0v) is 16.2. The molecule has 0 fully saturated rings. The summed E-state index contributed by atoms with van der Waals surface area (Å²) in [4.78, 5) is 12.0. The standard InChI is InChI=1S/C19H17N3O4S2/c20-28(24,25)17-9-6-15(7-10-17)21-19(27)22-18(23)12-26-16-8-5-13-3-1-2-4-14(13)11-16/h1-11H,12H2,(H2,20,24,25)(H2,21,22,23,27). The van der Waals surface area contributed by atoms with Crippen molar-refractivity contribution in [2.45, 2.75) is 4.90 Å². The van der Waals surface area contributed by atoms with Crippen LogP contribution in [-0.2, 0) is 14.8 Å². The number of nitrogens with one attached hydrogen (secondary N) is 2. The molecule has 0 aliphatic rings. The fourth-order valence-corrected chi connectivity index (χ4v) is 3.21. The number of rotatable bonds is 5. The first-order valence-electron chi connectivity index (χ1n) is 8.16. The summed E-state index contributed by atoms with van der Waals surface area (Å²) in [6.45, 7) is -0.204. The predicted octanol–water partition coefficient (Wildman–Crippen LogP) is 2.38. The van der Waals surface area contributed by atoms with Crippen LogP contribution in [0.4, 0.5) is 5.69 Å². The van der Waals surface area contributed by atoms with Crippen LogP contribution < -0.4 is 20.5 Å². The van der Waals surface area contributed by atoms with Crippen LogP contribution in [0, 0.1) is 0 Å². The Labute approximate surface area is 167 Å². The number of carbonyl (C=O) groups is 1. The lowest BCUT2D eigenvalue weighted by molar-refractivity contribution is -0.121. The molecule has 0 aliphatic carbocycles. The number of hydrogen-bond donors (Lipinski definition) is 3. The highest BCUT2D eigenvalue weighted by atomic mass is 32.2. The van der Waals surface area contributed by atoms with Crippen molar-refractivity contribution in [2.75, 3.05) is 11.9 Å². The number of primary sulfonamides is 1. The van der Waals surface area contributed by atoms with Crippen molar-refractivity contribution in [1.29, 1.82) is 0 Å². The molecule has 0 radical (unpaired) electrons. The first-order valence-corrected chi connectivity index (χ1v) is 10.1. The maximum absolute atomic E-state index is 12.0. The van der Waals surface area contributed by atoms with Crippen molar-refractivity contribution in [1.82, 2.24) is 5.32 Å². The number of fused-ring (bicyclic) bond motifs is 1. The molecule has 1 amide bonds. The Morgan fingerprint density at radius 1 is 1.00 bits per heavy atom. The number of hydrogen-bond acceptors (Lipinski definition) is 5. The van der Waals surface area contributed by atoms with E-state index in [1.54, 1.807) is 6.07 Å². The lowest BCUT2D eigenvalue weighted by Gasteiger charge is -2.11. The van der Waals surface area contributed by atoms with Gasteiger partial charge in [0, 0.05) is 5.69 Å². The van der Waals surface area contributed by atoms with Crippen LogP contribution in [0.1, 0.15) is 0 Å². The summed E-state index contributed by atoms with van der Waals surface area (Å²) in [5, 5.41) is 12.5. The highest BCUT2D eigenvalue weighted by Gasteiger charge is 2.09. The molecule has 3 aromatic carbocycles. The molecule has 0 heterocycles. The van der Waals surface area contributed by atoms with Gasteiger partial charge in [-0.25, -0.2) is 13.6 Å². The van der Waals surface area contributed by atoms with Crippen LogP contribution in [0.2, 0.25) is 0 Å². The minimum absolute atomic E-state index is 0.0169. The first kappa shape index (κ1) is 19.7. The van der Waals surface area contributed by atoms with Crippen molar-refractivity contribution in [3.8, 4) is 5.75 Å². The molecule has 0 aromatic heterocycles. The number of carbonyl (C=O) groups excluding carboxylic acids is 1. The van der Waals surface area contributed by atoms with Crippen LogP contribution in [0.15, 0.2) is 71.6 Å². The predicted molar refractivity (Wildman–Crippen MR) is 112 cm³/mol. The second-order valence-electron chi connectivity index (χ2n) is 5.87. The molecular formula is C19H17N3O4S2. The molecule has 0 saturated carbocycles. The van der Waals surface area contributed by atoms with Crippen molar-refractivity contribution in [3.63, 3.8) is 0 Å². The van der Waals surface area contributed by atoms with E-state index in [1.807, 2.05) is 36.4 Å². The van der Waals surface area contributed by atoms with Gasteiger partial charge in [-0.05, 0) is 59.4 Å². The number of amides is 1. The summed E-state index contributed by atoms with van der Waals surface area (Å²) in [5.74, 6) is 0.151. The smallest absolute Gasteiger partial charge is 0.264 e. The Morgan fingerprint density at radius 3 is 2.36 bits per heavy atom. The van der Waals surface area contributed by atoms with Crippen LogP contribution >= 0.6 is 12.2 Å². The van der Waals surface area contributed by atoms with E-state index in [1.165, 1.54) is 24.3 Å². The van der Waals surface area contributed by atoms with Crippen molar-refractivity contribution >= 4 is 49.7 Å².